The van der Waals surface area contributed by atoms with Gasteiger partial charge in [0.2, 0.25) is 0 Å². The smallest absolute Gasteiger partial charge is 0.135 e. The fourth-order valence-electron chi connectivity index (χ4n) is 0.857. The van der Waals surface area contributed by atoms with Crippen molar-refractivity contribution >= 4 is 18.5 Å². The molecule has 0 aliphatic heterocycles. The summed E-state index contributed by atoms with van der Waals surface area (Å²) in [5, 5.41) is 0. The van der Waals surface area contributed by atoms with Crippen LogP contribution in [0.4, 0.5) is 14.5 Å². The van der Waals surface area contributed by atoms with Crippen LogP contribution < -0.4 is 0 Å². The van der Waals surface area contributed by atoms with Gasteiger partial charge in [-0.2, -0.15) is 0 Å². The molecule has 1 nitrogen and oxygen atoms in total. The molecular weight excluding hydrogens is 160 g/mol. The van der Waals surface area contributed by atoms with Crippen molar-refractivity contribution < 1.29 is 8.78 Å². The molecule has 0 aliphatic carbocycles. The lowest BCUT2D eigenvalue weighted by atomic mass is 10.2. The minimum Gasteiger partial charge on any atom is -0.264 e. The summed E-state index contributed by atoms with van der Waals surface area (Å²) < 4.78 is 25.8. The zero-order valence-electron chi connectivity index (χ0n) is 6.35. The molecule has 0 unspecified atom stereocenters. The van der Waals surface area contributed by atoms with Crippen molar-refractivity contribution in [2.75, 3.05) is 0 Å². The van der Waals surface area contributed by atoms with Crippen molar-refractivity contribution in [3.8, 4) is 0 Å². The summed E-state index contributed by atoms with van der Waals surface area (Å²) in [5.74, 6) is -1.35. The summed E-state index contributed by atoms with van der Waals surface area (Å²) in [5.41, 5.74) is 0.0398. The number of hydrogen-bond donors (Lipinski definition) is 0. The van der Waals surface area contributed by atoms with Crippen LogP contribution in [0.15, 0.2) is 23.7 Å². The van der Waals surface area contributed by atoms with Gasteiger partial charge in [-0.15, -0.1) is 0 Å². The molecule has 0 saturated heterocycles. The minimum absolute atomic E-state index is 0.137. The van der Waals surface area contributed by atoms with E-state index in [1.54, 1.807) is 0 Å². The lowest BCUT2D eigenvalue weighted by molar-refractivity contribution is 0.579. The molecule has 0 aliphatic rings. The fourth-order valence-corrected chi connectivity index (χ4v) is 0.857. The monoisotopic (exact) mass is 167 g/mol. The maximum atomic E-state index is 12.9. The first-order valence-corrected chi connectivity index (χ1v) is 3.27. The standard InChI is InChI=1S/C9H7F2N/c1-3-7-8(10)4-6(12-2)5-9(7)11/h3-5H,1-2H2. The maximum Gasteiger partial charge on any atom is 0.135 e. The van der Waals surface area contributed by atoms with E-state index in [-0.39, 0.29) is 11.3 Å². The molecule has 0 N–H and O–H groups in total. The van der Waals surface area contributed by atoms with Crippen LogP contribution in [-0.2, 0) is 0 Å². The predicted octanol–water partition coefficient (Wildman–Crippen LogP) is 2.94. The summed E-state index contributed by atoms with van der Waals surface area (Å²) in [6.07, 6.45) is 1.12. The molecule has 1 rings (SSSR count). The maximum absolute atomic E-state index is 12.9. The van der Waals surface area contributed by atoms with Gasteiger partial charge >= 0.3 is 0 Å². The highest BCUT2D eigenvalue weighted by Crippen LogP contribution is 2.21. The van der Waals surface area contributed by atoms with Gasteiger partial charge in [0.1, 0.15) is 11.6 Å². The van der Waals surface area contributed by atoms with Crippen LogP contribution in [0, 0.1) is 11.6 Å². The molecule has 0 heterocycles. The molecule has 0 fully saturated rings. The second-order valence-electron chi connectivity index (χ2n) is 2.19. The van der Waals surface area contributed by atoms with E-state index in [0.29, 0.717) is 0 Å². The lowest BCUT2D eigenvalue weighted by Crippen LogP contribution is -1.87. The van der Waals surface area contributed by atoms with Crippen LogP contribution in [-0.4, -0.2) is 6.72 Å². The first kappa shape index (κ1) is 8.59. The Bertz CT molecular complexity index is 308. The van der Waals surface area contributed by atoms with Crippen molar-refractivity contribution in [3.63, 3.8) is 0 Å². The van der Waals surface area contributed by atoms with Gasteiger partial charge in [-0.3, -0.25) is 4.99 Å². The Hall–Kier alpha value is -1.51. The average molecular weight is 167 g/mol. The number of nitrogens with zero attached hydrogens (tertiary/aromatic N) is 1. The highest BCUT2D eigenvalue weighted by atomic mass is 19.1. The first-order valence-electron chi connectivity index (χ1n) is 3.27. The third-order valence-electron chi connectivity index (χ3n) is 1.45. The molecule has 0 amide bonds. The molecule has 1 aromatic carbocycles. The van der Waals surface area contributed by atoms with Crippen LogP contribution in [0.1, 0.15) is 5.56 Å². The molecule has 1 aromatic rings. The molecule has 0 aromatic heterocycles. The van der Waals surface area contributed by atoms with Gasteiger partial charge in [-0.05, 0) is 6.72 Å². The summed E-state index contributed by atoms with van der Waals surface area (Å²) in [6, 6.07) is 2.21. The van der Waals surface area contributed by atoms with Gasteiger partial charge in [0.05, 0.1) is 5.69 Å². The summed E-state index contributed by atoms with van der Waals surface area (Å²) in [6.45, 7) is 6.44. The second kappa shape index (κ2) is 3.26. The van der Waals surface area contributed by atoms with Gasteiger partial charge in [-0.25, -0.2) is 8.78 Å². The average Bonchev–Trinajstić information content (AvgIpc) is 2.03. The molecular formula is C9H7F2N. The highest BCUT2D eigenvalue weighted by Gasteiger charge is 2.06. The zero-order chi connectivity index (χ0) is 9.14. The van der Waals surface area contributed by atoms with Crippen molar-refractivity contribution in [1.82, 2.24) is 0 Å². The Morgan fingerprint density at radius 1 is 1.25 bits per heavy atom. The van der Waals surface area contributed by atoms with E-state index in [2.05, 4.69) is 18.3 Å². The molecule has 0 saturated carbocycles. The van der Waals surface area contributed by atoms with E-state index < -0.39 is 11.6 Å². The third kappa shape index (κ3) is 1.39. The largest absolute Gasteiger partial charge is 0.264 e. The number of halogens is 2. The number of benzene rings is 1. The van der Waals surface area contributed by atoms with E-state index in [4.69, 9.17) is 0 Å². The van der Waals surface area contributed by atoms with Gasteiger partial charge in [-0.1, -0.05) is 12.7 Å². The Kier molecular flexibility index (Phi) is 2.33. The van der Waals surface area contributed by atoms with E-state index >= 15 is 0 Å². The SMILES string of the molecule is C=Cc1c(F)cc(N=C)cc1F. The van der Waals surface area contributed by atoms with Crippen LogP contribution in [0.25, 0.3) is 6.08 Å². The summed E-state index contributed by atoms with van der Waals surface area (Å²) in [7, 11) is 0. The van der Waals surface area contributed by atoms with E-state index in [9.17, 15) is 8.78 Å². The summed E-state index contributed by atoms with van der Waals surface area (Å²) in [4.78, 5) is 3.40. The zero-order valence-corrected chi connectivity index (χ0v) is 6.35. The molecule has 62 valence electrons. The molecule has 0 atom stereocenters. The first-order chi connectivity index (χ1) is 5.69. The van der Waals surface area contributed by atoms with Crippen LogP contribution in [0.3, 0.4) is 0 Å². The minimum atomic E-state index is -0.674. The number of aliphatic imine (C=N–C) groups is 1. The van der Waals surface area contributed by atoms with Crippen molar-refractivity contribution in [1.29, 1.82) is 0 Å². The van der Waals surface area contributed by atoms with Crippen molar-refractivity contribution in [2.24, 2.45) is 4.99 Å². The van der Waals surface area contributed by atoms with E-state index in [0.717, 1.165) is 18.2 Å². The van der Waals surface area contributed by atoms with E-state index in [1.807, 2.05) is 0 Å². The second-order valence-corrected chi connectivity index (χ2v) is 2.19. The van der Waals surface area contributed by atoms with E-state index in [1.165, 1.54) is 0 Å². The van der Waals surface area contributed by atoms with Crippen LogP contribution in [0.5, 0.6) is 0 Å². The number of rotatable bonds is 2. The van der Waals surface area contributed by atoms with Crippen LogP contribution in [0.2, 0.25) is 0 Å². The number of hydrogen-bond acceptors (Lipinski definition) is 1. The Morgan fingerprint density at radius 3 is 2.08 bits per heavy atom. The normalized spacial score (nSPS) is 9.50. The summed E-state index contributed by atoms with van der Waals surface area (Å²) >= 11 is 0. The van der Waals surface area contributed by atoms with Gasteiger partial charge in [0.15, 0.2) is 0 Å². The topological polar surface area (TPSA) is 12.4 Å². The molecule has 3 heteroatoms. The predicted molar refractivity (Wildman–Crippen MR) is 45.7 cm³/mol. The lowest BCUT2D eigenvalue weighted by Gasteiger charge is -1.99. The molecule has 0 spiro atoms. The third-order valence-corrected chi connectivity index (χ3v) is 1.45. The Morgan fingerprint density at radius 2 is 1.75 bits per heavy atom. The highest BCUT2D eigenvalue weighted by molar-refractivity contribution is 5.55. The Balaban J connectivity index is 3.36. The quantitative estimate of drug-likeness (QED) is 0.600. The van der Waals surface area contributed by atoms with Gasteiger partial charge < -0.3 is 0 Å². The Labute approximate surface area is 69.1 Å². The molecule has 0 radical (unpaired) electrons. The fraction of sp³-hybridized carbons (Fsp3) is 0. The molecule has 0 bridgehead atoms. The molecule has 12 heavy (non-hydrogen) atoms. The van der Waals surface area contributed by atoms with Crippen molar-refractivity contribution in [3.05, 3.63) is 35.9 Å². The van der Waals surface area contributed by atoms with Crippen molar-refractivity contribution in [2.45, 2.75) is 0 Å². The van der Waals surface area contributed by atoms with Gasteiger partial charge in [0, 0.05) is 17.7 Å². The van der Waals surface area contributed by atoms with Gasteiger partial charge in [0.25, 0.3) is 0 Å². The van der Waals surface area contributed by atoms with Crippen LogP contribution >= 0.6 is 0 Å².